The third-order valence-electron chi connectivity index (χ3n) is 16.0. The van der Waals surface area contributed by atoms with Crippen molar-refractivity contribution in [2.45, 2.75) is 19.3 Å². The van der Waals surface area contributed by atoms with Crippen LogP contribution in [0.2, 0.25) is 0 Å². The first kappa shape index (κ1) is 40.7. The molecule has 0 spiro atoms. The van der Waals surface area contributed by atoms with Crippen LogP contribution in [0.5, 0.6) is 0 Å². The van der Waals surface area contributed by atoms with Crippen molar-refractivity contribution in [1.82, 2.24) is 19.4 Å². The van der Waals surface area contributed by atoms with Crippen LogP contribution in [0.1, 0.15) is 25.0 Å². The molecule has 16 rings (SSSR count). The maximum atomic E-state index is 5.39. The lowest BCUT2D eigenvalue weighted by Crippen LogP contribution is -2.14. The molecule has 0 unspecified atom stereocenters. The van der Waals surface area contributed by atoms with Crippen molar-refractivity contribution >= 4 is 91.1 Å². The molecule has 0 atom stereocenters. The van der Waals surface area contributed by atoms with E-state index < -0.39 is 0 Å². The third-order valence-corrected chi connectivity index (χ3v) is 17.2. The maximum absolute atomic E-state index is 5.39. The predicted octanol–water partition coefficient (Wildman–Crippen LogP) is 18.3. The number of hydrogen-bond donors (Lipinski definition) is 0. The van der Waals surface area contributed by atoms with Crippen LogP contribution in [-0.2, 0) is 5.41 Å². The second-order valence-corrected chi connectivity index (χ2v) is 21.3. The van der Waals surface area contributed by atoms with Crippen molar-refractivity contribution in [3.63, 3.8) is 0 Å². The molecule has 0 saturated heterocycles. The number of nitrogens with zero attached hydrogens (tertiary/aromatic N) is 4. The van der Waals surface area contributed by atoms with Gasteiger partial charge in [-0.05, 0) is 114 Å². The molecule has 4 nitrogen and oxygen atoms in total. The van der Waals surface area contributed by atoms with E-state index >= 15 is 0 Å². The molecule has 15 aromatic rings. The minimum atomic E-state index is -0.107. The van der Waals surface area contributed by atoms with Crippen molar-refractivity contribution in [3.8, 4) is 67.5 Å². The summed E-state index contributed by atoms with van der Waals surface area (Å²) in [4.78, 5) is 16.1. The van der Waals surface area contributed by atoms with E-state index in [0.717, 1.165) is 38.6 Å². The zero-order valence-electron chi connectivity index (χ0n) is 40.0. The first-order chi connectivity index (χ1) is 35.9. The van der Waals surface area contributed by atoms with Crippen LogP contribution < -0.4 is 0 Å². The molecule has 0 bridgehead atoms. The number of thiophene rings is 1. The Hall–Kier alpha value is -9.03. The summed E-state index contributed by atoms with van der Waals surface area (Å²) in [6.07, 6.45) is 0. The van der Waals surface area contributed by atoms with Gasteiger partial charge in [-0.1, -0.05) is 190 Å². The van der Waals surface area contributed by atoms with Gasteiger partial charge in [-0.3, -0.25) is 0 Å². The number of para-hydroxylation sites is 2. The Morgan fingerprint density at radius 2 is 0.959 bits per heavy atom. The number of aromatic nitrogens is 4. The summed E-state index contributed by atoms with van der Waals surface area (Å²) < 4.78 is 5.12. The highest BCUT2D eigenvalue weighted by Crippen LogP contribution is 2.51. The van der Waals surface area contributed by atoms with Gasteiger partial charge >= 0.3 is 0 Å². The van der Waals surface area contributed by atoms with Crippen LogP contribution in [-0.4, -0.2) is 19.4 Å². The van der Waals surface area contributed by atoms with E-state index in [2.05, 4.69) is 237 Å². The summed E-state index contributed by atoms with van der Waals surface area (Å²) in [5.74, 6) is 1.93. The fourth-order valence-corrected chi connectivity index (χ4v) is 13.7. The molecule has 73 heavy (non-hydrogen) atoms. The largest absolute Gasteiger partial charge is 0.308 e. The number of fused-ring (bicyclic) bond motifs is 11. The van der Waals surface area contributed by atoms with Crippen molar-refractivity contribution in [3.05, 3.63) is 230 Å². The molecular formula is C68H42N4S. The molecule has 0 N–H and O–H groups in total. The summed E-state index contributed by atoms with van der Waals surface area (Å²) in [5, 5.41) is 12.4. The van der Waals surface area contributed by atoms with Gasteiger partial charge in [0.15, 0.2) is 17.5 Å². The number of rotatable bonds is 5. The standard InChI is InChI=1S/C68H42N4S/c1-68(2)56-22-8-5-18-49(56)55-38-46(28-33-57(55)68)66-69-65(45-17-11-15-41(36-45)42-26-25-39-13-3-4-14-40(39)35-42)70-67(71-66)54-21-12-16-43-37-44(27-29-47(43)54)48-30-31-52-50-19-6-9-23-58(50)72-59-24-10-7-20-51(59)53-32-34-60-62(63(53)72)61(52)64(48)73-60/h3-38H,1-2H3. The van der Waals surface area contributed by atoms with Crippen molar-refractivity contribution in [1.29, 1.82) is 0 Å². The van der Waals surface area contributed by atoms with Crippen LogP contribution >= 0.6 is 11.3 Å². The van der Waals surface area contributed by atoms with Crippen molar-refractivity contribution in [2.24, 2.45) is 0 Å². The average molecular weight is 947 g/mol. The van der Waals surface area contributed by atoms with Crippen molar-refractivity contribution in [2.75, 3.05) is 0 Å². The van der Waals surface area contributed by atoms with Gasteiger partial charge in [-0.2, -0.15) is 0 Å². The highest BCUT2D eigenvalue weighted by Gasteiger charge is 2.35. The Kier molecular flexibility index (Phi) is 8.36. The smallest absolute Gasteiger partial charge is 0.164 e. The van der Waals surface area contributed by atoms with Crippen LogP contribution in [0.25, 0.3) is 147 Å². The van der Waals surface area contributed by atoms with Crippen molar-refractivity contribution < 1.29 is 0 Å². The van der Waals surface area contributed by atoms with Gasteiger partial charge in [-0.15, -0.1) is 11.3 Å². The normalized spacial score (nSPS) is 13.2. The first-order valence-electron chi connectivity index (χ1n) is 25.1. The lowest BCUT2D eigenvalue weighted by atomic mass is 9.82. The Balaban J connectivity index is 0.875. The highest BCUT2D eigenvalue weighted by molar-refractivity contribution is 7.26. The van der Waals surface area contributed by atoms with E-state index in [4.69, 9.17) is 15.0 Å². The molecule has 1 aliphatic carbocycles. The molecule has 0 fully saturated rings. The number of hydrogen-bond acceptors (Lipinski definition) is 4. The average Bonchev–Trinajstić information content (AvgIpc) is 4.10. The Labute approximate surface area is 424 Å². The predicted molar refractivity (Wildman–Crippen MR) is 307 cm³/mol. The van der Waals surface area contributed by atoms with Crippen LogP contribution in [0, 0.1) is 0 Å². The molecule has 4 heterocycles. The quantitative estimate of drug-likeness (QED) is 0.173. The summed E-state index contributed by atoms with van der Waals surface area (Å²) in [6.45, 7) is 4.64. The molecule has 340 valence electrons. The topological polar surface area (TPSA) is 43.1 Å². The summed E-state index contributed by atoms with van der Waals surface area (Å²) in [5.41, 5.74) is 16.3. The molecule has 0 amide bonds. The molecule has 0 saturated carbocycles. The zero-order chi connectivity index (χ0) is 48.1. The summed E-state index contributed by atoms with van der Waals surface area (Å²) >= 11 is 1.91. The second kappa shape index (κ2) is 15.0. The molecule has 0 radical (unpaired) electrons. The van der Waals surface area contributed by atoms with E-state index in [1.807, 2.05) is 11.3 Å². The van der Waals surface area contributed by atoms with Gasteiger partial charge in [0.25, 0.3) is 0 Å². The Morgan fingerprint density at radius 1 is 0.356 bits per heavy atom. The fourth-order valence-electron chi connectivity index (χ4n) is 12.5. The van der Waals surface area contributed by atoms with E-state index in [0.29, 0.717) is 17.5 Å². The minimum Gasteiger partial charge on any atom is -0.308 e. The van der Waals surface area contributed by atoms with Gasteiger partial charge in [0, 0.05) is 58.4 Å². The van der Waals surface area contributed by atoms with E-state index in [9.17, 15) is 0 Å². The lowest BCUT2D eigenvalue weighted by Gasteiger charge is -2.21. The summed E-state index contributed by atoms with van der Waals surface area (Å²) in [7, 11) is 0. The minimum absolute atomic E-state index is 0.107. The maximum Gasteiger partial charge on any atom is 0.164 e. The monoisotopic (exact) mass is 946 g/mol. The third kappa shape index (κ3) is 5.85. The van der Waals surface area contributed by atoms with E-state index in [1.165, 1.54) is 102 Å². The fraction of sp³-hybridized carbons (Fsp3) is 0.0441. The summed E-state index contributed by atoms with van der Waals surface area (Å²) in [6, 6.07) is 80.0. The Morgan fingerprint density at radius 3 is 1.82 bits per heavy atom. The molecule has 0 aliphatic heterocycles. The van der Waals surface area contributed by atoms with E-state index in [-0.39, 0.29) is 5.41 Å². The van der Waals surface area contributed by atoms with Gasteiger partial charge in [0.1, 0.15) is 0 Å². The lowest BCUT2D eigenvalue weighted by molar-refractivity contribution is 0.660. The Bertz CT molecular complexity index is 4840. The SMILES string of the molecule is CC1(C)c2ccccc2-c2cc(-c3nc(-c4cccc(-c5ccc6ccccc6c5)c4)nc(-c4cccc5cc(-c6ccc7c8ccccc8n8c9ccccc9c9ccc%10sc6c7c%10c98)ccc45)n3)ccc21. The van der Waals surface area contributed by atoms with Gasteiger partial charge < -0.3 is 4.40 Å². The van der Waals surface area contributed by atoms with Gasteiger partial charge in [0.2, 0.25) is 0 Å². The highest BCUT2D eigenvalue weighted by atomic mass is 32.1. The van der Waals surface area contributed by atoms with Crippen LogP contribution in [0.3, 0.4) is 0 Å². The molecule has 4 aromatic heterocycles. The zero-order valence-corrected chi connectivity index (χ0v) is 40.8. The molecule has 1 aliphatic rings. The van der Waals surface area contributed by atoms with Gasteiger partial charge in [-0.25, -0.2) is 15.0 Å². The van der Waals surface area contributed by atoms with Crippen LogP contribution in [0.4, 0.5) is 0 Å². The molecule has 5 heteroatoms. The second-order valence-electron chi connectivity index (χ2n) is 20.3. The number of benzene rings is 11. The van der Waals surface area contributed by atoms with Gasteiger partial charge in [0.05, 0.1) is 16.6 Å². The molecular weight excluding hydrogens is 905 g/mol. The van der Waals surface area contributed by atoms with E-state index in [1.54, 1.807) is 0 Å². The first-order valence-corrected chi connectivity index (χ1v) is 25.9. The molecule has 11 aromatic carbocycles. The van der Waals surface area contributed by atoms with Crippen LogP contribution in [0.15, 0.2) is 218 Å².